The van der Waals surface area contributed by atoms with Crippen LogP contribution in [-0.4, -0.2) is 55.2 Å². The Morgan fingerprint density at radius 1 is 1.18 bits per heavy atom. The zero-order chi connectivity index (χ0) is 32.7. The summed E-state index contributed by atoms with van der Waals surface area (Å²) in [5.74, 6) is -0.175. The predicted molar refractivity (Wildman–Crippen MR) is 170 cm³/mol. The highest BCUT2D eigenvalue weighted by Crippen LogP contribution is 2.47. The van der Waals surface area contributed by atoms with Crippen LogP contribution in [0.4, 0.5) is 26.5 Å². The summed E-state index contributed by atoms with van der Waals surface area (Å²) in [6.07, 6.45) is 2.10. The van der Waals surface area contributed by atoms with Gasteiger partial charge in [0, 0.05) is 36.4 Å². The van der Waals surface area contributed by atoms with E-state index in [1.54, 1.807) is 23.2 Å². The summed E-state index contributed by atoms with van der Waals surface area (Å²) in [6.45, 7) is 19.0. The largest absolute Gasteiger partial charge is 0.480 e. The van der Waals surface area contributed by atoms with Gasteiger partial charge in [0.1, 0.15) is 23.2 Å². The quantitative estimate of drug-likeness (QED) is 0.270. The second-order valence-corrected chi connectivity index (χ2v) is 18.6. The molecular formula is C32H41FN6O4Si. The van der Waals surface area contributed by atoms with Crippen LogP contribution in [0.15, 0.2) is 36.7 Å². The maximum absolute atomic E-state index is 13.9. The molecule has 1 aliphatic rings. The lowest BCUT2D eigenvalue weighted by Crippen LogP contribution is -2.46. The second kappa shape index (κ2) is 11.8. The van der Waals surface area contributed by atoms with Gasteiger partial charge < -0.3 is 19.2 Å². The predicted octanol–water partition coefficient (Wildman–Crippen LogP) is 7.34. The van der Waals surface area contributed by atoms with Crippen molar-refractivity contribution in [3.8, 4) is 23.2 Å². The topological polar surface area (TPSA) is 122 Å². The number of halogens is 1. The number of aromatic nitrogens is 3. The first-order chi connectivity index (χ1) is 20.4. The van der Waals surface area contributed by atoms with Gasteiger partial charge in [-0.1, -0.05) is 27.7 Å². The molecule has 0 bridgehead atoms. The minimum atomic E-state index is -2.15. The van der Waals surface area contributed by atoms with Crippen LogP contribution in [0, 0.1) is 17.1 Å². The average Bonchev–Trinajstić information content (AvgIpc) is 3.23. The monoisotopic (exact) mass is 620 g/mol. The molecule has 0 aliphatic carbocycles. The molecule has 2 aromatic heterocycles. The molecule has 0 radical (unpaired) electrons. The van der Waals surface area contributed by atoms with E-state index >= 15 is 0 Å². The van der Waals surface area contributed by atoms with E-state index in [0.29, 0.717) is 29.1 Å². The number of rotatable bonds is 7. The van der Waals surface area contributed by atoms with E-state index in [1.165, 1.54) is 13.2 Å². The number of nitrogens with zero attached hydrogens (tertiary/aromatic N) is 5. The molecule has 12 heteroatoms. The van der Waals surface area contributed by atoms with Gasteiger partial charge in [-0.05, 0) is 62.7 Å². The molecule has 1 aliphatic heterocycles. The molecule has 0 fully saturated rings. The van der Waals surface area contributed by atoms with Gasteiger partial charge in [-0.15, -0.1) is 0 Å². The first-order valence-electron chi connectivity index (χ1n) is 14.4. The van der Waals surface area contributed by atoms with E-state index in [2.05, 4.69) is 60.2 Å². The number of carbonyl (C=O) groups excluding carboxylic acids is 1. The molecule has 1 aromatic carbocycles. The molecule has 1 atom stereocenters. The summed E-state index contributed by atoms with van der Waals surface area (Å²) >= 11 is 0. The average molecular weight is 621 g/mol. The van der Waals surface area contributed by atoms with Gasteiger partial charge in [-0.2, -0.15) is 5.26 Å². The Balaban J connectivity index is 1.80. The smallest absolute Gasteiger partial charge is 0.414 e. The molecule has 3 heterocycles. The zero-order valence-electron chi connectivity index (χ0n) is 27.1. The Hall–Kier alpha value is -4.08. The van der Waals surface area contributed by atoms with Crippen LogP contribution >= 0.6 is 0 Å². The van der Waals surface area contributed by atoms with Crippen molar-refractivity contribution in [2.75, 3.05) is 30.5 Å². The third-order valence-corrected chi connectivity index (χ3v) is 12.5. The zero-order valence-corrected chi connectivity index (χ0v) is 28.1. The fourth-order valence-corrected chi connectivity index (χ4v) is 5.78. The summed E-state index contributed by atoms with van der Waals surface area (Å²) in [6, 6.07) is 8.90. The van der Waals surface area contributed by atoms with Crippen molar-refractivity contribution >= 4 is 31.7 Å². The molecular weight excluding hydrogens is 579 g/mol. The van der Waals surface area contributed by atoms with Crippen LogP contribution in [-0.2, 0) is 14.6 Å². The lowest BCUT2D eigenvalue weighted by Gasteiger charge is -2.39. The normalized spacial score (nSPS) is 16.7. The van der Waals surface area contributed by atoms with Crippen LogP contribution in [0.3, 0.4) is 0 Å². The molecule has 1 amide bonds. The second-order valence-electron chi connectivity index (χ2n) is 13.8. The van der Waals surface area contributed by atoms with Crippen LogP contribution < -0.4 is 15.0 Å². The van der Waals surface area contributed by atoms with Crippen LogP contribution in [0.5, 0.6) is 5.88 Å². The van der Waals surface area contributed by atoms with Crippen molar-refractivity contribution < 1.29 is 23.1 Å². The molecule has 3 aromatic rings. The molecule has 4 rings (SSSR count). The number of benzene rings is 1. The molecule has 10 nitrogen and oxygen atoms in total. The maximum atomic E-state index is 13.9. The summed E-state index contributed by atoms with van der Waals surface area (Å²) < 4.78 is 31.6. The fraction of sp³-hybridized carbons (Fsp3) is 0.469. The number of fused-ring (bicyclic) bond motifs is 1. The number of methoxy groups -OCH3 is 1. The minimum absolute atomic E-state index is 0.0143. The Morgan fingerprint density at radius 2 is 1.89 bits per heavy atom. The summed E-state index contributed by atoms with van der Waals surface area (Å²) in [4.78, 5) is 27.9. The number of amides is 1. The fourth-order valence-electron chi connectivity index (χ4n) is 4.66. The van der Waals surface area contributed by atoms with E-state index < -0.39 is 31.2 Å². The van der Waals surface area contributed by atoms with E-state index in [9.17, 15) is 14.4 Å². The molecule has 44 heavy (non-hydrogen) atoms. The van der Waals surface area contributed by atoms with E-state index in [1.807, 2.05) is 33.8 Å². The van der Waals surface area contributed by atoms with Crippen LogP contribution in [0.1, 0.15) is 59.6 Å². The molecule has 0 unspecified atom stereocenters. The van der Waals surface area contributed by atoms with Gasteiger partial charge in [0.25, 0.3) is 0 Å². The standard InChI is InChI=1S/C32H41FN6O4Si/c1-30(2,3)43-29(40)39-18-32(7,19-42-44(9,10)31(4,5)6)23-14-20(13-21(16-34)26(23)39)24-11-12-35-28(37-24)38-25-15-22(33)17-36-27(25)41-8/h11-15,17H,18-19H2,1-10H3,(H,35,37,38)/t32-/m1/s1. The van der Waals surface area contributed by atoms with Crippen molar-refractivity contribution in [3.63, 3.8) is 0 Å². The Labute approximate surface area is 259 Å². The minimum Gasteiger partial charge on any atom is -0.480 e. The van der Waals surface area contributed by atoms with Gasteiger partial charge in [0.05, 0.1) is 30.3 Å². The van der Waals surface area contributed by atoms with Gasteiger partial charge in [-0.3, -0.25) is 4.90 Å². The van der Waals surface area contributed by atoms with Crippen LogP contribution in [0.25, 0.3) is 11.3 Å². The number of anilines is 3. The Kier molecular flexibility index (Phi) is 8.79. The number of nitrogens with one attached hydrogen (secondary N) is 1. The molecule has 0 saturated heterocycles. The van der Waals surface area contributed by atoms with Crippen molar-refractivity contribution in [1.82, 2.24) is 15.0 Å². The van der Waals surface area contributed by atoms with Gasteiger partial charge in [-0.25, -0.2) is 24.1 Å². The van der Waals surface area contributed by atoms with Gasteiger partial charge >= 0.3 is 6.09 Å². The van der Waals surface area contributed by atoms with E-state index in [0.717, 1.165) is 11.8 Å². The SMILES string of the molecule is COc1ncc(F)cc1Nc1nccc(-c2cc(C#N)c3c(c2)[C@@](C)(CO[Si](C)(C)C(C)(C)C)CN3C(=O)OC(C)(C)C)n1. The third-order valence-electron chi connectivity index (χ3n) is 8.04. The first kappa shape index (κ1) is 32.8. The number of nitriles is 1. The number of pyridine rings is 1. The summed E-state index contributed by atoms with van der Waals surface area (Å²) in [7, 11) is -0.721. The van der Waals surface area contributed by atoms with Gasteiger partial charge in [0.15, 0.2) is 8.32 Å². The Bertz CT molecular complexity index is 1610. The highest BCUT2D eigenvalue weighted by molar-refractivity contribution is 6.74. The summed E-state index contributed by atoms with van der Waals surface area (Å²) in [5, 5.41) is 13.3. The Morgan fingerprint density at radius 3 is 2.50 bits per heavy atom. The number of ether oxygens (including phenoxy) is 2. The van der Waals surface area contributed by atoms with Crippen molar-refractivity contribution in [2.45, 2.75) is 77.6 Å². The molecule has 0 spiro atoms. The lowest BCUT2D eigenvalue weighted by atomic mass is 9.83. The van der Waals surface area contributed by atoms with E-state index in [-0.39, 0.29) is 29.1 Å². The number of carbonyl (C=O) groups is 1. The van der Waals surface area contributed by atoms with Crippen molar-refractivity contribution in [3.05, 3.63) is 53.6 Å². The maximum Gasteiger partial charge on any atom is 0.414 e. The summed E-state index contributed by atoms with van der Waals surface area (Å²) in [5.41, 5.74) is 1.69. The number of hydrogen-bond donors (Lipinski definition) is 1. The van der Waals surface area contributed by atoms with Crippen molar-refractivity contribution in [2.24, 2.45) is 0 Å². The lowest BCUT2D eigenvalue weighted by molar-refractivity contribution is 0.0575. The first-order valence-corrected chi connectivity index (χ1v) is 17.3. The molecule has 234 valence electrons. The van der Waals surface area contributed by atoms with E-state index in [4.69, 9.17) is 13.9 Å². The highest BCUT2D eigenvalue weighted by Gasteiger charge is 2.47. The van der Waals surface area contributed by atoms with Gasteiger partial charge in [0.2, 0.25) is 11.8 Å². The molecule has 0 saturated carbocycles. The number of hydrogen-bond acceptors (Lipinski definition) is 9. The third kappa shape index (κ3) is 6.84. The highest BCUT2D eigenvalue weighted by atomic mass is 28.4. The van der Waals surface area contributed by atoms with Crippen LogP contribution in [0.2, 0.25) is 18.1 Å². The van der Waals surface area contributed by atoms with Crippen molar-refractivity contribution in [1.29, 1.82) is 5.26 Å². The molecule has 1 N–H and O–H groups in total.